The first-order valence-corrected chi connectivity index (χ1v) is 7.02. The minimum atomic E-state index is -0.170. The van der Waals surface area contributed by atoms with Crippen LogP contribution < -0.4 is 0 Å². The molecule has 1 N–H and O–H groups in total. The summed E-state index contributed by atoms with van der Waals surface area (Å²) in [6, 6.07) is 5.85. The Morgan fingerprint density at radius 3 is 2.80 bits per heavy atom. The Balaban J connectivity index is 2.25. The maximum absolute atomic E-state index is 12.6. The Hall–Kier alpha value is -1.79. The number of carbonyl (C=O) groups is 1. The van der Waals surface area contributed by atoms with Gasteiger partial charge in [-0.05, 0) is 50.3 Å². The molecule has 1 unspecified atom stereocenters. The van der Waals surface area contributed by atoms with Crippen molar-refractivity contribution in [3.8, 4) is 11.8 Å². The highest BCUT2D eigenvalue weighted by molar-refractivity contribution is 5.96. The van der Waals surface area contributed by atoms with E-state index in [-0.39, 0.29) is 18.6 Å². The van der Waals surface area contributed by atoms with E-state index in [0.717, 1.165) is 11.1 Å². The van der Waals surface area contributed by atoms with Crippen molar-refractivity contribution in [2.45, 2.75) is 32.7 Å². The van der Waals surface area contributed by atoms with Gasteiger partial charge >= 0.3 is 0 Å². The lowest BCUT2D eigenvalue weighted by Crippen LogP contribution is -2.36. The van der Waals surface area contributed by atoms with Crippen molar-refractivity contribution in [3.63, 3.8) is 0 Å². The average Bonchev–Trinajstić information content (AvgIpc) is 3.28. The zero-order valence-corrected chi connectivity index (χ0v) is 12.3. The van der Waals surface area contributed by atoms with E-state index < -0.39 is 0 Å². The molecule has 1 aliphatic rings. The predicted octanol–water partition coefficient (Wildman–Crippen LogP) is 2.21. The summed E-state index contributed by atoms with van der Waals surface area (Å²) >= 11 is 0. The van der Waals surface area contributed by atoms with Crippen molar-refractivity contribution < 1.29 is 9.90 Å². The fourth-order valence-electron chi connectivity index (χ4n) is 2.41. The van der Waals surface area contributed by atoms with Crippen molar-refractivity contribution in [2.75, 3.05) is 13.7 Å². The molecule has 0 aliphatic heterocycles. The Bertz CT molecular complexity index is 564. The van der Waals surface area contributed by atoms with Gasteiger partial charge in [-0.2, -0.15) is 0 Å². The van der Waals surface area contributed by atoms with Crippen LogP contribution in [0.4, 0.5) is 0 Å². The van der Waals surface area contributed by atoms with Gasteiger partial charge in [0.1, 0.15) is 6.61 Å². The molecular weight excluding hydrogens is 250 g/mol. The SMILES string of the molecule is Cc1c(C#CCO)cccc1C(=O)N(C)C(C)C1CC1. The quantitative estimate of drug-likeness (QED) is 0.856. The third-order valence-electron chi connectivity index (χ3n) is 4.10. The normalized spacial score (nSPS) is 15.2. The van der Waals surface area contributed by atoms with Gasteiger partial charge in [-0.3, -0.25) is 4.79 Å². The first-order valence-electron chi connectivity index (χ1n) is 7.02. The zero-order valence-electron chi connectivity index (χ0n) is 12.3. The van der Waals surface area contributed by atoms with Gasteiger partial charge in [0.2, 0.25) is 0 Å². The standard InChI is InChI=1S/C17H21NO2/c1-12-14(7-5-11-19)6-4-8-16(12)17(20)18(3)13(2)15-9-10-15/h4,6,8,13,15,19H,9-11H2,1-3H3. The van der Waals surface area contributed by atoms with Crippen LogP contribution in [0.5, 0.6) is 0 Å². The summed E-state index contributed by atoms with van der Waals surface area (Å²) in [5, 5.41) is 8.78. The van der Waals surface area contributed by atoms with Crippen molar-refractivity contribution in [3.05, 3.63) is 34.9 Å². The smallest absolute Gasteiger partial charge is 0.254 e. The largest absolute Gasteiger partial charge is 0.384 e. The van der Waals surface area contributed by atoms with Gasteiger partial charge in [0.15, 0.2) is 0 Å². The molecule has 1 aromatic rings. The minimum Gasteiger partial charge on any atom is -0.384 e. The molecule has 1 amide bonds. The molecule has 1 saturated carbocycles. The summed E-state index contributed by atoms with van der Waals surface area (Å²) in [5.74, 6) is 6.23. The summed E-state index contributed by atoms with van der Waals surface area (Å²) in [4.78, 5) is 14.4. The first-order chi connectivity index (χ1) is 9.56. The molecule has 20 heavy (non-hydrogen) atoms. The fraction of sp³-hybridized carbons (Fsp3) is 0.471. The molecule has 0 spiro atoms. The highest BCUT2D eigenvalue weighted by Crippen LogP contribution is 2.35. The van der Waals surface area contributed by atoms with Crippen LogP contribution >= 0.6 is 0 Å². The van der Waals surface area contributed by atoms with E-state index in [1.807, 2.05) is 37.1 Å². The lowest BCUT2D eigenvalue weighted by atomic mass is 10.0. The molecule has 0 heterocycles. The second kappa shape index (κ2) is 6.11. The van der Waals surface area contributed by atoms with Gasteiger partial charge in [-0.15, -0.1) is 0 Å². The molecule has 3 heteroatoms. The van der Waals surface area contributed by atoms with Gasteiger partial charge in [-0.25, -0.2) is 0 Å². The van der Waals surface area contributed by atoms with Crippen molar-refractivity contribution in [2.24, 2.45) is 5.92 Å². The number of carbonyl (C=O) groups excluding carboxylic acids is 1. The zero-order chi connectivity index (χ0) is 14.7. The summed E-state index contributed by atoms with van der Waals surface area (Å²) in [6.07, 6.45) is 2.44. The highest BCUT2D eigenvalue weighted by Gasteiger charge is 2.33. The molecule has 0 radical (unpaired) electrons. The third kappa shape index (κ3) is 3.02. The van der Waals surface area contributed by atoms with Crippen LogP contribution in [0.25, 0.3) is 0 Å². The van der Waals surface area contributed by atoms with Crippen LogP contribution in [0, 0.1) is 24.7 Å². The molecule has 1 aromatic carbocycles. The molecule has 106 valence electrons. The number of aliphatic hydroxyl groups is 1. The number of amides is 1. The lowest BCUT2D eigenvalue weighted by Gasteiger charge is -2.25. The monoisotopic (exact) mass is 271 g/mol. The van der Waals surface area contributed by atoms with Gasteiger partial charge in [0.05, 0.1) is 0 Å². The minimum absolute atomic E-state index is 0.0505. The maximum atomic E-state index is 12.6. The van der Waals surface area contributed by atoms with Crippen molar-refractivity contribution >= 4 is 5.91 Å². The molecule has 0 saturated heterocycles. The number of benzene rings is 1. The van der Waals surface area contributed by atoms with Crippen molar-refractivity contribution in [1.29, 1.82) is 0 Å². The topological polar surface area (TPSA) is 40.5 Å². The fourth-order valence-corrected chi connectivity index (χ4v) is 2.41. The summed E-state index contributed by atoms with van der Waals surface area (Å²) < 4.78 is 0. The number of hydrogen-bond donors (Lipinski definition) is 1. The molecular formula is C17H21NO2. The first kappa shape index (κ1) is 14.6. The molecule has 0 aromatic heterocycles. The molecule has 1 fully saturated rings. The highest BCUT2D eigenvalue weighted by atomic mass is 16.2. The van der Waals surface area contributed by atoms with Gasteiger partial charge in [-0.1, -0.05) is 17.9 Å². The summed E-state index contributed by atoms with van der Waals surface area (Å²) in [7, 11) is 1.87. The Labute approximate surface area is 120 Å². The van der Waals surface area contributed by atoms with Crippen LogP contribution in [0.2, 0.25) is 0 Å². The number of aliphatic hydroxyl groups excluding tert-OH is 1. The molecule has 3 nitrogen and oxygen atoms in total. The van der Waals surface area contributed by atoms with Gasteiger partial charge in [0, 0.05) is 24.2 Å². The second-order valence-corrected chi connectivity index (χ2v) is 5.43. The summed E-state index contributed by atoms with van der Waals surface area (Å²) in [6.45, 7) is 3.85. The van der Waals surface area contributed by atoms with Crippen LogP contribution in [0.1, 0.15) is 41.3 Å². The van der Waals surface area contributed by atoms with E-state index in [4.69, 9.17) is 5.11 Å². The number of rotatable bonds is 3. The lowest BCUT2D eigenvalue weighted by molar-refractivity contribution is 0.0726. The second-order valence-electron chi connectivity index (χ2n) is 5.43. The molecule has 1 atom stereocenters. The number of hydrogen-bond acceptors (Lipinski definition) is 2. The Kier molecular flexibility index (Phi) is 4.46. The van der Waals surface area contributed by atoms with E-state index in [9.17, 15) is 4.79 Å². The molecule has 2 rings (SSSR count). The van der Waals surface area contributed by atoms with Crippen LogP contribution in [0.3, 0.4) is 0 Å². The molecule has 1 aliphatic carbocycles. The van der Waals surface area contributed by atoms with Gasteiger partial charge in [0.25, 0.3) is 5.91 Å². The van der Waals surface area contributed by atoms with Crippen LogP contribution in [0.15, 0.2) is 18.2 Å². The Morgan fingerprint density at radius 1 is 1.50 bits per heavy atom. The van der Waals surface area contributed by atoms with E-state index in [1.54, 1.807) is 0 Å². The molecule has 0 bridgehead atoms. The van der Waals surface area contributed by atoms with Crippen LogP contribution in [-0.2, 0) is 0 Å². The van der Waals surface area contributed by atoms with Crippen LogP contribution in [-0.4, -0.2) is 35.6 Å². The third-order valence-corrected chi connectivity index (χ3v) is 4.10. The van der Waals surface area contributed by atoms with Crippen molar-refractivity contribution in [1.82, 2.24) is 4.90 Å². The predicted molar refractivity (Wildman–Crippen MR) is 79.4 cm³/mol. The maximum Gasteiger partial charge on any atom is 0.254 e. The van der Waals surface area contributed by atoms with Gasteiger partial charge < -0.3 is 10.0 Å². The average molecular weight is 271 g/mol. The Morgan fingerprint density at radius 2 is 2.20 bits per heavy atom. The van der Waals surface area contributed by atoms with E-state index in [1.165, 1.54) is 12.8 Å². The van der Waals surface area contributed by atoms with E-state index in [0.29, 0.717) is 11.5 Å². The van der Waals surface area contributed by atoms with E-state index >= 15 is 0 Å². The van der Waals surface area contributed by atoms with E-state index in [2.05, 4.69) is 18.8 Å². The summed E-state index contributed by atoms with van der Waals surface area (Å²) in [5.41, 5.74) is 2.38. The number of nitrogens with zero attached hydrogens (tertiary/aromatic N) is 1.